The maximum absolute atomic E-state index is 12.8. The van der Waals surface area contributed by atoms with Gasteiger partial charge < -0.3 is 9.30 Å². The molecule has 0 fully saturated rings. The van der Waals surface area contributed by atoms with Crippen molar-refractivity contribution in [3.63, 3.8) is 0 Å². The molecule has 2 aromatic heterocycles. The Kier molecular flexibility index (Phi) is 4.19. The molecule has 3 aromatic rings. The van der Waals surface area contributed by atoms with E-state index in [1.807, 2.05) is 31.2 Å². The first kappa shape index (κ1) is 16.6. The molecule has 0 aliphatic heterocycles. The Morgan fingerprint density at radius 2 is 2.04 bits per heavy atom. The first-order valence-electron chi connectivity index (χ1n) is 7.81. The molecule has 3 rings (SSSR count). The maximum atomic E-state index is 12.8. The summed E-state index contributed by atoms with van der Waals surface area (Å²) in [6.07, 6.45) is 5.31. The number of nitrogens with zero attached hydrogens (tertiary/aromatic N) is 4. The number of hydrogen-bond acceptors (Lipinski definition) is 4. The lowest BCUT2D eigenvalue weighted by molar-refractivity contribution is 0.415. The number of ether oxygens (including phenoxy) is 1. The van der Waals surface area contributed by atoms with Gasteiger partial charge in [-0.25, -0.2) is 14.3 Å². The van der Waals surface area contributed by atoms with Crippen LogP contribution in [0.15, 0.2) is 33.9 Å². The van der Waals surface area contributed by atoms with E-state index in [0.29, 0.717) is 29.3 Å². The number of aryl methyl sites for hydroxylation is 2. The SMILES string of the molecule is C#CCn1c(=O)c2c(nc(-c3cccc(OC)c3)n2C)n(CC)c1=O. The molecule has 0 saturated heterocycles. The zero-order valence-corrected chi connectivity index (χ0v) is 14.3. The minimum Gasteiger partial charge on any atom is -0.497 e. The average Bonchev–Trinajstić information content (AvgIpc) is 2.96. The van der Waals surface area contributed by atoms with Crippen molar-refractivity contribution in [2.24, 2.45) is 7.05 Å². The molecule has 0 aliphatic rings. The van der Waals surface area contributed by atoms with Crippen molar-refractivity contribution < 1.29 is 4.74 Å². The first-order valence-corrected chi connectivity index (χ1v) is 7.81. The standard InChI is InChI=1S/C18H18N4O3/c1-5-10-22-17(23)14-16(21(6-2)18(22)24)19-15(20(14)3)12-8-7-9-13(11-12)25-4/h1,7-9,11H,6,10H2,2-4H3. The summed E-state index contributed by atoms with van der Waals surface area (Å²) < 4.78 is 9.45. The quantitative estimate of drug-likeness (QED) is 0.671. The van der Waals surface area contributed by atoms with E-state index < -0.39 is 11.2 Å². The van der Waals surface area contributed by atoms with Crippen LogP contribution < -0.4 is 16.0 Å². The second kappa shape index (κ2) is 6.32. The zero-order valence-electron chi connectivity index (χ0n) is 14.3. The highest BCUT2D eigenvalue weighted by Gasteiger charge is 2.20. The lowest BCUT2D eigenvalue weighted by Gasteiger charge is -2.08. The van der Waals surface area contributed by atoms with Crippen molar-refractivity contribution in [3.05, 3.63) is 45.1 Å². The molecule has 0 spiro atoms. The van der Waals surface area contributed by atoms with E-state index in [9.17, 15) is 9.59 Å². The van der Waals surface area contributed by atoms with Crippen LogP contribution in [0.4, 0.5) is 0 Å². The minimum atomic E-state index is -0.451. The summed E-state index contributed by atoms with van der Waals surface area (Å²) in [4.78, 5) is 29.9. The summed E-state index contributed by atoms with van der Waals surface area (Å²) in [6.45, 7) is 2.13. The topological polar surface area (TPSA) is 71.1 Å². The van der Waals surface area contributed by atoms with Crippen LogP contribution in [0.5, 0.6) is 5.75 Å². The molecule has 7 heteroatoms. The largest absolute Gasteiger partial charge is 0.497 e. The van der Waals surface area contributed by atoms with Gasteiger partial charge in [-0.2, -0.15) is 0 Å². The molecule has 0 saturated carbocycles. The van der Waals surface area contributed by atoms with Crippen LogP contribution in [0.2, 0.25) is 0 Å². The molecule has 0 N–H and O–H groups in total. The lowest BCUT2D eigenvalue weighted by Crippen LogP contribution is -2.40. The lowest BCUT2D eigenvalue weighted by atomic mass is 10.2. The van der Waals surface area contributed by atoms with Gasteiger partial charge in [0.2, 0.25) is 0 Å². The van der Waals surface area contributed by atoms with Crippen molar-refractivity contribution in [3.8, 4) is 29.5 Å². The molecule has 0 bridgehead atoms. The van der Waals surface area contributed by atoms with E-state index >= 15 is 0 Å². The van der Waals surface area contributed by atoms with Crippen molar-refractivity contribution in [1.29, 1.82) is 0 Å². The molecule has 1 aromatic carbocycles. The van der Waals surface area contributed by atoms with Crippen LogP contribution in [0, 0.1) is 12.3 Å². The number of terminal acetylenes is 1. The zero-order chi connectivity index (χ0) is 18.1. The van der Waals surface area contributed by atoms with Crippen LogP contribution in [0.1, 0.15) is 6.92 Å². The predicted octanol–water partition coefficient (Wildman–Crippen LogP) is 1.23. The monoisotopic (exact) mass is 338 g/mol. The van der Waals surface area contributed by atoms with E-state index in [4.69, 9.17) is 11.2 Å². The first-order chi connectivity index (χ1) is 12.0. The van der Waals surface area contributed by atoms with Crippen molar-refractivity contribution in [2.45, 2.75) is 20.0 Å². The third-order valence-electron chi connectivity index (χ3n) is 4.14. The van der Waals surface area contributed by atoms with E-state index in [-0.39, 0.29) is 6.54 Å². The second-order valence-corrected chi connectivity index (χ2v) is 5.52. The Hall–Kier alpha value is -3.27. The third kappa shape index (κ3) is 2.52. The fourth-order valence-electron chi connectivity index (χ4n) is 2.90. The van der Waals surface area contributed by atoms with Crippen molar-refractivity contribution in [2.75, 3.05) is 7.11 Å². The number of rotatable bonds is 4. The predicted molar refractivity (Wildman–Crippen MR) is 95.7 cm³/mol. The molecule has 25 heavy (non-hydrogen) atoms. The van der Waals surface area contributed by atoms with Crippen LogP contribution in [0.3, 0.4) is 0 Å². The summed E-state index contributed by atoms with van der Waals surface area (Å²) in [5, 5.41) is 0. The number of hydrogen-bond donors (Lipinski definition) is 0. The molecule has 0 atom stereocenters. The minimum absolute atomic E-state index is 0.0761. The highest BCUT2D eigenvalue weighted by molar-refractivity contribution is 5.77. The van der Waals surface area contributed by atoms with Gasteiger partial charge in [-0.3, -0.25) is 9.36 Å². The second-order valence-electron chi connectivity index (χ2n) is 5.52. The molecule has 0 amide bonds. The van der Waals surface area contributed by atoms with Crippen molar-refractivity contribution >= 4 is 11.2 Å². The Morgan fingerprint density at radius 1 is 1.28 bits per heavy atom. The fraction of sp³-hybridized carbons (Fsp3) is 0.278. The van der Waals surface area contributed by atoms with E-state index in [0.717, 1.165) is 10.1 Å². The van der Waals surface area contributed by atoms with Crippen molar-refractivity contribution in [1.82, 2.24) is 18.7 Å². The van der Waals surface area contributed by atoms with Gasteiger partial charge in [0.15, 0.2) is 11.2 Å². The maximum Gasteiger partial charge on any atom is 0.333 e. The average molecular weight is 338 g/mol. The summed E-state index contributed by atoms with van der Waals surface area (Å²) in [7, 11) is 3.33. The van der Waals surface area contributed by atoms with Gasteiger partial charge in [-0.1, -0.05) is 18.1 Å². The van der Waals surface area contributed by atoms with Crippen LogP contribution in [0.25, 0.3) is 22.6 Å². The van der Waals surface area contributed by atoms with Gasteiger partial charge in [-0.05, 0) is 19.1 Å². The number of fused-ring (bicyclic) bond motifs is 1. The molecule has 7 nitrogen and oxygen atoms in total. The summed E-state index contributed by atoms with van der Waals surface area (Å²) >= 11 is 0. The molecule has 0 unspecified atom stereocenters. The summed E-state index contributed by atoms with van der Waals surface area (Å²) in [5.74, 6) is 3.62. The van der Waals surface area contributed by atoms with E-state index in [2.05, 4.69) is 10.9 Å². The highest BCUT2D eigenvalue weighted by atomic mass is 16.5. The van der Waals surface area contributed by atoms with Gasteiger partial charge in [0.05, 0.1) is 13.7 Å². The van der Waals surface area contributed by atoms with Crippen LogP contribution in [-0.4, -0.2) is 25.8 Å². The Labute approximate surface area is 144 Å². The molecular formula is C18H18N4O3. The number of imidazole rings is 1. The molecule has 2 heterocycles. The number of benzene rings is 1. The van der Waals surface area contributed by atoms with Gasteiger partial charge in [0.1, 0.15) is 11.6 Å². The molecular weight excluding hydrogens is 320 g/mol. The highest BCUT2D eigenvalue weighted by Crippen LogP contribution is 2.24. The number of methoxy groups -OCH3 is 1. The third-order valence-corrected chi connectivity index (χ3v) is 4.14. The van der Waals surface area contributed by atoms with Crippen LogP contribution in [-0.2, 0) is 20.1 Å². The van der Waals surface area contributed by atoms with Gasteiger partial charge in [-0.15, -0.1) is 6.42 Å². The Balaban J connectivity index is 2.40. The summed E-state index contributed by atoms with van der Waals surface area (Å²) in [6, 6.07) is 7.37. The Morgan fingerprint density at radius 3 is 2.68 bits per heavy atom. The van der Waals surface area contributed by atoms with Gasteiger partial charge in [0, 0.05) is 19.2 Å². The van der Waals surface area contributed by atoms with E-state index in [1.54, 1.807) is 18.7 Å². The summed E-state index contributed by atoms with van der Waals surface area (Å²) in [5.41, 5.74) is 0.594. The molecule has 0 radical (unpaired) electrons. The van der Waals surface area contributed by atoms with Crippen LogP contribution >= 0.6 is 0 Å². The molecule has 0 aliphatic carbocycles. The van der Waals surface area contributed by atoms with Gasteiger partial charge >= 0.3 is 5.69 Å². The molecule has 128 valence electrons. The smallest absolute Gasteiger partial charge is 0.333 e. The number of aromatic nitrogens is 4. The van der Waals surface area contributed by atoms with Gasteiger partial charge in [0.25, 0.3) is 5.56 Å². The fourth-order valence-corrected chi connectivity index (χ4v) is 2.90. The normalized spacial score (nSPS) is 10.8. The Bertz CT molecular complexity index is 1110. The van der Waals surface area contributed by atoms with E-state index in [1.165, 1.54) is 4.57 Å².